The molecule has 0 bridgehead atoms. The number of nitrogens with zero attached hydrogens (tertiary/aromatic N) is 1. The van der Waals surface area contributed by atoms with Crippen LogP contribution in [0.5, 0.6) is 0 Å². The minimum absolute atomic E-state index is 0.0336. The molecule has 0 amide bonds. The summed E-state index contributed by atoms with van der Waals surface area (Å²) in [5, 5.41) is 0. The number of ether oxygens (including phenoxy) is 2. The molecule has 88 valence electrons. The monoisotopic (exact) mass is 333 g/mol. The highest BCUT2D eigenvalue weighted by atomic mass is 127. The van der Waals surface area contributed by atoms with E-state index in [2.05, 4.69) is 39.7 Å². The van der Waals surface area contributed by atoms with E-state index >= 15 is 0 Å². The third-order valence-corrected chi connectivity index (χ3v) is 3.15. The fourth-order valence-corrected chi connectivity index (χ4v) is 2.60. The van der Waals surface area contributed by atoms with Crippen molar-refractivity contribution in [2.24, 2.45) is 0 Å². The largest absolute Gasteiger partial charge is 0.353 e. The van der Waals surface area contributed by atoms with Gasteiger partial charge in [-0.05, 0) is 60.9 Å². The quantitative estimate of drug-likeness (QED) is 0.797. The third-order valence-electron chi connectivity index (χ3n) is 2.53. The normalized spacial score (nSPS) is 21.0. The molecule has 2 heterocycles. The Balaban J connectivity index is 1.88. The van der Waals surface area contributed by atoms with E-state index in [1.54, 1.807) is 0 Å². The van der Waals surface area contributed by atoms with E-state index in [0.717, 1.165) is 30.8 Å². The smallest absolute Gasteiger partial charge is 0.158 e. The zero-order valence-corrected chi connectivity index (χ0v) is 11.6. The van der Waals surface area contributed by atoms with Gasteiger partial charge >= 0.3 is 0 Å². The first-order valence-electron chi connectivity index (χ1n) is 5.60. The van der Waals surface area contributed by atoms with E-state index in [4.69, 9.17) is 9.47 Å². The molecule has 1 aliphatic heterocycles. The lowest BCUT2D eigenvalue weighted by Gasteiger charge is -2.22. The first-order valence-corrected chi connectivity index (χ1v) is 6.68. The van der Waals surface area contributed by atoms with Crippen molar-refractivity contribution in [1.82, 2.24) is 4.98 Å². The highest BCUT2D eigenvalue weighted by Crippen LogP contribution is 2.16. The molecule has 4 heteroatoms. The SMILES string of the molecule is Cc1cc(I)cc(COC2CCCCO2)n1. The van der Waals surface area contributed by atoms with E-state index in [1.807, 2.05) is 6.92 Å². The molecule has 1 aliphatic rings. The average Bonchev–Trinajstić information content (AvgIpc) is 2.27. The second-order valence-electron chi connectivity index (χ2n) is 4.03. The van der Waals surface area contributed by atoms with Gasteiger partial charge in [0.05, 0.1) is 12.3 Å². The molecule has 0 spiro atoms. The van der Waals surface area contributed by atoms with E-state index in [-0.39, 0.29) is 6.29 Å². The summed E-state index contributed by atoms with van der Waals surface area (Å²) >= 11 is 2.30. The summed E-state index contributed by atoms with van der Waals surface area (Å²) < 4.78 is 12.4. The summed E-state index contributed by atoms with van der Waals surface area (Å²) in [5.41, 5.74) is 2.02. The summed E-state index contributed by atoms with van der Waals surface area (Å²) in [6.45, 7) is 3.37. The van der Waals surface area contributed by atoms with Crippen LogP contribution < -0.4 is 0 Å². The maximum atomic E-state index is 5.69. The van der Waals surface area contributed by atoms with Crippen molar-refractivity contribution in [1.29, 1.82) is 0 Å². The van der Waals surface area contributed by atoms with Gasteiger partial charge in [0.2, 0.25) is 0 Å². The van der Waals surface area contributed by atoms with E-state index in [9.17, 15) is 0 Å². The number of hydrogen-bond acceptors (Lipinski definition) is 3. The average molecular weight is 333 g/mol. The number of halogens is 1. The van der Waals surface area contributed by atoms with Crippen molar-refractivity contribution in [3.8, 4) is 0 Å². The van der Waals surface area contributed by atoms with Gasteiger partial charge in [-0.3, -0.25) is 4.98 Å². The molecule has 1 aromatic heterocycles. The zero-order valence-electron chi connectivity index (χ0n) is 9.41. The summed E-state index contributed by atoms with van der Waals surface area (Å²) in [7, 11) is 0. The van der Waals surface area contributed by atoms with Gasteiger partial charge in [-0.1, -0.05) is 0 Å². The maximum Gasteiger partial charge on any atom is 0.158 e. The Bertz CT molecular complexity index is 331. The van der Waals surface area contributed by atoms with Gasteiger partial charge in [0.15, 0.2) is 6.29 Å². The van der Waals surface area contributed by atoms with E-state index < -0.39 is 0 Å². The van der Waals surface area contributed by atoms with Crippen molar-refractivity contribution >= 4 is 22.6 Å². The third kappa shape index (κ3) is 3.68. The van der Waals surface area contributed by atoms with Gasteiger partial charge in [-0.25, -0.2) is 0 Å². The molecule has 16 heavy (non-hydrogen) atoms. The molecule has 0 saturated carbocycles. The summed E-state index contributed by atoms with van der Waals surface area (Å²) in [6.07, 6.45) is 3.32. The van der Waals surface area contributed by atoms with Crippen LogP contribution >= 0.6 is 22.6 Å². The number of aryl methyl sites for hydroxylation is 1. The standard InChI is InChI=1S/C12H16INO2/c1-9-6-10(13)7-11(14-9)8-16-12-4-2-3-5-15-12/h6-7,12H,2-5,8H2,1H3. The first-order chi connectivity index (χ1) is 7.74. The molecule has 0 N–H and O–H groups in total. The second kappa shape index (κ2) is 5.93. The van der Waals surface area contributed by atoms with Crippen LogP contribution in [0.2, 0.25) is 0 Å². The minimum atomic E-state index is -0.0336. The molecule has 0 aliphatic carbocycles. The van der Waals surface area contributed by atoms with Crippen LogP contribution in [-0.4, -0.2) is 17.9 Å². The molecular weight excluding hydrogens is 317 g/mol. The lowest BCUT2D eigenvalue weighted by atomic mass is 10.2. The van der Waals surface area contributed by atoms with Crippen LogP contribution in [0.25, 0.3) is 0 Å². The van der Waals surface area contributed by atoms with Crippen LogP contribution in [0.15, 0.2) is 12.1 Å². The van der Waals surface area contributed by atoms with Crippen molar-refractivity contribution in [3.05, 3.63) is 27.1 Å². The predicted molar refractivity (Wildman–Crippen MR) is 70.1 cm³/mol. The van der Waals surface area contributed by atoms with Crippen LogP contribution in [-0.2, 0) is 16.1 Å². The van der Waals surface area contributed by atoms with Crippen LogP contribution in [0, 0.1) is 10.5 Å². The van der Waals surface area contributed by atoms with Gasteiger partial charge in [0, 0.05) is 15.9 Å². The van der Waals surface area contributed by atoms with Crippen LogP contribution in [0.1, 0.15) is 30.7 Å². The lowest BCUT2D eigenvalue weighted by Crippen LogP contribution is -2.22. The number of aromatic nitrogens is 1. The molecule has 1 fully saturated rings. The molecular formula is C12H16INO2. The van der Waals surface area contributed by atoms with E-state index in [0.29, 0.717) is 6.61 Å². The summed E-state index contributed by atoms with van der Waals surface area (Å²) in [4.78, 5) is 4.43. The number of hydrogen-bond donors (Lipinski definition) is 0. The zero-order chi connectivity index (χ0) is 11.4. The Morgan fingerprint density at radius 3 is 3.06 bits per heavy atom. The number of pyridine rings is 1. The van der Waals surface area contributed by atoms with Gasteiger partial charge in [0.1, 0.15) is 0 Å². The highest BCUT2D eigenvalue weighted by Gasteiger charge is 2.14. The fourth-order valence-electron chi connectivity index (χ4n) is 1.79. The number of rotatable bonds is 3. The van der Waals surface area contributed by atoms with Crippen LogP contribution in [0.3, 0.4) is 0 Å². The highest BCUT2D eigenvalue weighted by molar-refractivity contribution is 14.1. The molecule has 1 aromatic rings. The fraction of sp³-hybridized carbons (Fsp3) is 0.583. The van der Waals surface area contributed by atoms with Crippen molar-refractivity contribution < 1.29 is 9.47 Å². The Morgan fingerprint density at radius 2 is 2.38 bits per heavy atom. The van der Waals surface area contributed by atoms with Crippen molar-refractivity contribution in [2.75, 3.05) is 6.61 Å². The molecule has 3 nitrogen and oxygen atoms in total. The van der Waals surface area contributed by atoms with Gasteiger partial charge in [0.25, 0.3) is 0 Å². The summed E-state index contributed by atoms with van der Waals surface area (Å²) in [6, 6.07) is 4.11. The summed E-state index contributed by atoms with van der Waals surface area (Å²) in [5.74, 6) is 0. The maximum absolute atomic E-state index is 5.69. The first kappa shape index (κ1) is 12.3. The van der Waals surface area contributed by atoms with Gasteiger partial charge in [-0.2, -0.15) is 0 Å². The minimum Gasteiger partial charge on any atom is -0.353 e. The second-order valence-corrected chi connectivity index (χ2v) is 5.27. The lowest BCUT2D eigenvalue weighted by molar-refractivity contribution is -0.169. The molecule has 2 rings (SSSR count). The molecule has 1 saturated heterocycles. The Morgan fingerprint density at radius 1 is 1.50 bits per heavy atom. The Labute approximate surface area is 110 Å². The van der Waals surface area contributed by atoms with Crippen LogP contribution in [0.4, 0.5) is 0 Å². The topological polar surface area (TPSA) is 31.4 Å². The van der Waals surface area contributed by atoms with Gasteiger partial charge in [-0.15, -0.1) is 0 Å². The predicted octanol–water partition coefficient (Wildman–Crippen LogP) is 3.04. The Hall–Kier alpha value is -0.200. The Kier molecular flexibility index (Phi) is 4.55. The molecule has 1 atom stereocenters. The molecule has 0 radical (unpaired) electrons. The van der Waals surface area contributed by atoms with E-state index in [1.165, 1.54) is 9.99 Å². The van der Waals surface area contributed by atoms with Crippen molar-refractivity contribution in [3.63, 3.8) is 0 Å². The van der Waals surface area contributed by atoms with Crippen molar-refractivity contribution in [2.45, 2.75) is 39.1 Å². The van der Waals surface area contributed by atoms with Gasteiger partial charge < -0.3 is 9.47 Å². The molecule has 1 unspecified atom stereocenters. The molecule has 0 aromatic carbocycles.